The lowest BCUT2D eigenvalue weighted by molar-refractivity contribution is 0.583. The summed E-state index contributed by atoms with van der Waals surface area (Å²) in [6.45, 7) is 2.21. The van der Waals surface area contributed by atoms with Crippen molar-refractivity contribution in [1.29, 1.82) is 0 Å². The van der Waals surface area contributed by atoms with Crippen LogP contribution < -0.4 is 4.90 Å². The Bertz CT molecular complexity index is 329. The third-order valence-corrected chi connectivity index (χ3v) is 3.05. The maximum absolute atomic E-state index is 12.8. The Morgan fingerprint density at radius 3 is 2.85 bits per heavy atom. The fraction of sp³-hybridized carbons (Fsp3) is 0.500. The van der Waals surface area contributed by atoms with Crippen LogP contribution in [0.5, 0.6) is 0 Å². The summed E-state index contributed by atoms with van der Waals surface area (Å²) in [6, 6.07) is 3.40. The molecule has 2 atom stereocenters. The number of nitrogens with zero attached hydrogens (tertiary/aromatic N) is 2. The lowest BCUT2D eigenvalue weighted by Gasteiger charge is -2.19. The first-order chi connectivity index (χ1) is 6.33. The predicted molar refractivity (Wildman–Crippen MR) is 48.0 cm³/mol. The minimum absolute atomic E-state index is 0.377. The molecule has 0 N–H and O–H groups in total. The van der Waals surface area contributed by atoms with Gasteiger partial charge in [-0.2, -0.15) is 4.39 Å². The first-order valence-corrected chi connectivity index (χ1v) is 4.69. The van der Waals surface area contributed by atoms with Crippen molar-refractivity contribution in [3.8, 4) is 0 Å². The largest absolute Gasteiger partial charge is 0.371 e. The molecule has 0 aromatic carbocycles. The summed E-state index contributed by atoms with van der Waals surface area (Å²) in [6.07, 6.45) is 2.92. The molecule has 0 spiro atoms. The van der Waals surface area contributed by atoms with Crippen molar-refractivity contribution < 1.29 is 4.39 Å². The Morgan fingerprint density at radius 2 is 2.15 bits per heavy atom. The maximum Gasteiger partial charge on any atom is 0.214 e. The normalized spacial score (nSPS) is 30.4. The van der Waals surface area contributed by atoms with Gasteiger partial charge in [-0.1, -0.05) is 0 Å². The summed E-state index contributed by atoms with van der Waals surface area (Å²) in [7, 11) is 0. The van der Waals surface area contributed by atoms with Gasteiger partial charge < -0.3 is 4.90 Å². The first kappa shape index (κ1) is 7.30. The SMILES string of the molecule is Fc1cc(N2CC3CC3C2)ccn1. The van der Waals surface area contributed by atoms with Gasteiger partial charge in [0.1, 0.15) is 0 Å². The average Bonchev–Trinajstić information content (AvgIpc) is 2.74. The molecular formula is C10H11FN2. The van der Waals surface area contributed by atoms with Gasteiger partial charge in [0, 0.05) is 31.0 Å². The number of anilines is 1. The molecular weight excluding hydrogens is 167 g/mol. The minimum Gasteiger partial charge on any atom is -0.371 e. The molecule has 1 aliphatic heterocycles. The van der Waals surface area contributed by atoms with Crippen LogP contribution in [0.3, 0.4) is 0 Å². The fourth-order valence-electron chi connectivity index (χ4n) is 2.20. The van der Waals surface area contributed by atoms with Crippen molar-refractivity contribution in [1.82, 2.24) is 4.98 Å². The summed E-state index contributed by atoms with van der Waals surface area (Å²) in [5.41, 5.74) is 0.986. The summed E-state index contributed by atoms with van der Waals surface area (Å²) >= 11 is 0. The molecule has 2 unspecified atom stereocenters. The molecule has 1 saturated carbocycles. The van der Waals surface area contributed by atoms with Gasteiger partial charge in [-0.3, -0.25) is 0 Å². The molecule has 2 nitrogen and oxygen atoms in total. The van der Waals surface area contributed by atoms with Crippen LogP contribution in [0.2, 0.25) is 0 Å². The van der Waals surface area contributed by atoms with Crippen LogP contribution in [0, 0.1) is 17.8 Å². The van der Waals surface area contributed by atoms with Gasteiger partial charge in [-0.15, -0.1) is 0 Å². The van der Waals surface area contributed by atoms with E-state index in [2.05, 4.69) is 9.88 Å². The molecule has 0 amide bonds. The molecule has 1 saturated heterocycles. The van der Waals surface area contributed by atoms with Gasteiger partial charge >= 0.3 is 0 Å². The number of fused-ring (bicyclic) bond motifs is 1. The zero-order valence-corrected chi connectivity index (χ0v) is 7.28. The van der Waals surface area contributed by atoms with E-state index >= 15 is 0 Å². The molecule has 2 aliphatic rings. The first-order valence-electron chi connectivity index (χ1n) is 4.69. The van der Waals surface area contributed by atoms with Gasteiger partial charge in [0.05, 0.1) is 0 Å². The quantitative estimate of drug-likeness (QED) is 0.608. The summed E-state index contributed by atoms with van der Waals surface area (Å²) < 4.78 is 12.8. The number of rotatable bonds is 1. The number of hydrogen-bond donors (Lipinski definition) is 0. The van der Waals surface area contributed by atoms with E-state index in [0.29, 0.717) is 0 Å². The van der Waals surface area contributed by atoms with Crippen molar-refractivity contribution in [2.24, 2.45) is 11.8 Å². The van der Waals surface area contributed by atoms with E-state index in [9.17, 15) is 4.39 Å². The average molecular weight is 178 g/mol. The van der Waals surface area contributed by atoms with Crippen LogP contribution in [-0.2, 0) is 0 Å². The lowest BCUT2D eigenvalue weighted by atomic mass is 10.3. The lowest BCUT2D eigenvalue weighted by Crippen LogP contribution is -2.21. The van der Waals surface area contributed by atoms with E-state index in [1.807, 2.05) is 6.07 Å². The van der Waals surface area contributed by atoms with E-state index < -0.39 is 0 Å². The second kappa shape index (κ2) is 2.44. The maximum atomic E-state index is 12.8. The third kappa shape index (κ3) is 1.19. The topological polar surface area (TPSA) is 16.1 Å². The number of hydrogen-bond acceptors (Lipinski definition) is 2. The molecule has 1 aliphatic carbocycles. The molecule has 3 heteroatoms. The molecule has 0 bridgehead atoms. The molecule has 2 fully saturated rings. The number of aromatic nitrogens is 1. The molecule has 1 aromatic heterocycles. The van der Waals surface area contributed by atoms with Crippen LogP contribution in [0.4, 0.5) is 10.1 Å². The Kier molecular flexibility index (Phi) is 1.37. The van der Waals surface area contributed by atoms with Crippen LogP contribution in [0.15, 0.2) is 18.3 Å². The highest BCUT2D eigenvalue weighted by Gasteiger charge is 2.45. The Labute approximate surface area is 76.4 Å². The van der Waals surface area contributed by atoms with Crippen molar-refractivity contribution >= 4 is 5.69 Å². The summed E-state index contributed by atoms with van der Waals surface area (Å²) in [4.78, 5) is 5.80. The van der Waals surface area contributed by atoms with Gasteiger partial charge in [-0.25, -0.2) is 4.98 Å². The number of halogens is 1. The van der Waals surface area contributed by atoms with Gasteiger partial charge in [0.2, 0.25) is 5.95 Å². The van der Waals surface area contributed by atoms with Crippen molar-refractivity contribution in [3.63, 3.8) is 0 Å². The highest BCUT2D eigenvalue weighted by Crippen LogP contribution is 2.46. The van der Waals surface area contributed by atoms with Gasteiger partial charge in [-0.05, 0) is 24.3 Å². The van der Waals surface area contributed by atoms with Gasteiger partial charge in [0.15, 0.2) is 0 Å². The van der Waals surface area contributed by atoms with Crippen LogP contribution in [-0.4, -0.2) is 18.1 Å². The fourth-order valence-corrected chi connectivity index (χ4v) is 2.20. The Hall–Kier alpha value is -1.12. The smallest absolute Gasteiger partial charge is 0.214 e. The highest BCUT2D eigenvalue weighted by molar-refractivity contribution is 5.47. The van der Waals surface area contributed by atoms with E-state index in [1.165, 1.54) is 18.7 Å². The molecule has 68 valence electrons. The molecule has 0 radical (unpaired) electrons. The second-order valence-electron chi connectivity index (χ2n) is 4.00. The van der Waals surface area contributed by atoms with E-state index in [0.717, 1.165) is 30.6 Å². The van der Waals surface area contributed by atoms with E-state index in [-0.39, 0.29) is 5.95 Å². The highest BCUT2D eigenvalue weighted by atomic mass is 19.1. The zero-order valence-electron chi connectivity index (χ0n) is 7.28. The predicted octanol–water partition coefficient (Wildman–Crippen LogP) is 1.68. The Morgan fingerprint density at radius 1 is 1.38 bits per heavy atom. The molecule has 3 rings (SSSR count). The summed E-state index contributed by atoms with van der Waals surface area (Å²) in [5, 5.41) is 0. The van der Waals surface area contributed by atoms with Gasteiger partial charge in [0.25, 0.3) is 0 Å². The molecule has 13 heavy (non-hydrogen) atoms. The van der Waals surface area contributed by atoms with E-state index in [4.69, 9.17) is 0 Å². The Balaban J connectivity index is 1.84. The van der Waals surface area contributed by atoms with Crippen LogP contribution >= 0.6 is 0 Å². The van der Waals surface area contributed by atoms with Crippen molar-refractivity contribution in [3.05, 3.63) is 24.3 Å². The molecule has 2 heterocycles. The number of pyridine rings is 1. The summed E-state index contributed by atoms with van der Waals surface area (Å²) in [5.74, 6) is 1.39. The third-order valence-electron chi connectivity index (χ3n) is 3.05. The monoisotopic (exact) mass is 178 g/mol. The van der Waals surface area contributed by atoms with Crippen molar-refractivity contribution in [2.45, 2.75) is 6.42 Å². The standard InChI is InChI=1S/C10H11FN2/c11-10-4-9(1-2-12-10)13-5-7-3-8(7)6-13/h1-2,4,7-8H,3,5-6H2. The van der Waals surface area contributed by atoms with Crippen LogP contribution in [0.1, 0.15) is 6.42 Å². The second-order valence-corrected chi connectivity index (χ2v) is 4.00. The van der Waals surface area contributed by atoms with Crippen molar-refractivity contribution in [2.75, 3.05) is 18.0 Å². The minimum atomic E-state index is -0.377. The van der Waals surface area contributed by atoms with Crippen LogP contribution in [0.25, 0.3) is 0 Å². The zero-order chi connectivity index (χ0) is 8.84. The number of piperidine rings is 1. The van der Waals surface area contributed by atoms with E-state index in [1.54, 1.807) is 0 Å². The molecule has 1 aromatic rings.